The van der Waals surface area contributed by atoms with Crippen molar-refractivity contribution in [2.24, 2.45) is 5.92 Å². The van der Waals surface area contributed by atoms with Crippen molar-refractivity contribution in [2.45, 2.75) is 44.9 Å². The molecular weight excluding hydrogens is 430 g/mol. The minimum Gasteiger partial charge on any atom is -0.374 e. The fourth-order valence-electron chi connectivity index (χ4n) is 4.95. The van der Waals surface area contributed by atoms with Crippen LogP contribution in [-0.2, 0) is 14.4 Å². The van der Waals surface area contributed by atoms with Gasteiger partial charge in [-0.1, -0.05) is 0 Å². The largest absolute Gasteiger partial charge is 0.374 e. The Morgan fingerprint density at radius 2 is 1.65 bits per heavy atom. The second-order valence-corrected chi connectivity index (χ2v) is 9.76. The standard InChI is InChI=1S/C26H41N5O3/c1-28(16-13-26(34)31-14-4-3-5-15-31)20-22-10-18-30(19-11-22)24-8-6-23(7-9-24)29(2)17-12-25(33)27-21-32/h6-9,21-22H,3-5,10-20H2,1-2H3,(H,27,32,33). The summed E-state index contributed by atoms with van der Waals surface area (Å²) in [7, 11) is 4.10. The van der Waals surface area contributed by atoms with Gasteiger partial charge in [-0.15, -0.1) is 0 Å². The Balaban J connectivity index is 1.36. The van der Waals surface area contributed by atoms with Gasteiger partial charge in [-0.2, -0.15) is 0 Å². The predicted molar refractivity (Wildman–Crippen MR) is 136 cm³/mol. The molecule has 8 nitrogen and oxygen atoms in total. The van der Waals surface area contributed by atoms with E-state index in [-0.39, 0.29) is 12.3 Å². The Labute approximate surface area is 204 Å². The number of benzene rings is 1. The van der Waals surface area contributed by atoms with Crippen LogP contribution in [0.5, 0.6) is 0 Å². The van der Waals surface area contributed by atoms with Crippen LogP contribution in [0.4, 0.5) is 11.4 Å². The van der Waals surface area contributed by atoms with E-state index in [4.69, 9.17) is 0 Å². The van der Waals surface area contributed by atoms with Crippen molar-refractivity contribution in [1.82, 2.24) is 15.1 Å². The zero-order valence-corrected chi connectivity index (χ0v) is 20.9. The molecule has 2 heterocycles. The van der Waals surface area contributed by atoms with Crippen molar-refractivity contribution in [2.75, 3.05) is 69.7 Å². The van der Waals surface area contributed by atoms with E-state index < -0.39 is 0 Å². The maximum atomic E-state index is 12.4. The van der Waals surface area contributed by atoms with Crippen molar-refractivity contribution in [1.29, 1.82) is 0 Å². The van der Waals surface area contributed by atoms with Gasteiger partial charge in [0.1, 0.15) is 0 Å². The van der Waals surface area contributed by atoms with Crippen molar-refractivity contribution < 1.29 is 14.4 Å². The second-order valence-electron chi connectivity index (χ2n) is 9.76. The van der Waals surface area contributed by atoms with Crippen molar-refractivity contribution in [3.05, 3.63) is 24.3 Å². The number of likely N-dealkylation sites (tertiary alicyclic amines) is 1. The van der Waals surface area contributed by atoms with Crippen LogP contribution in [0.3, 0.4) is 0 Å². The lowest BCUT2D eigenvalue weighted by Crippen LogP contribution is -2.40. The van der Waals surface area contributed by atoms with Gasteiger partial charge < -0.3 is 19.6 Å². The van der Waals surface area contributed by atoms with E-state index in [2.05, 4.69) is 46.4 Å². The summed E-state index contributed by atoms with van der Waals surface area (Å²) >= 11 is 0. The van der Waals surface area contributed by atoms with Gasteiger partial charge >= 0.3 is 0 Å². The van der Waals surface area contributed by atoms with Gasteiger partial charge in [0.05, 0.1) is 0 Å². The van der Waals surface area contributed by atoms with E-state index in [1.165, 1.54) is 12.1 Å². The highest BCUT2D eigenvalue weighted by Crippen LogP contribution is 2.26. The summed E-state index contributed by atoms with van der Waals surface area (Å²) in [5, 5.41) is 2.17. The number of anilines is 2. The molecule has 1 N–H and O–H groups in total. The first-order valence-electron chi connectivity index (χ1n) is 12.7. The fourth-order valence-corrected chi connectivity index (χ4v) is 4.95. The van der Waals surface area contributed by atoms with Crippen LogP contribution in [0.2, 0.25) is 0 Å². The van der Waals surface area contributed by atoms with Gasteiger partial charge in [-0.05, 0) is 69.3 Å². The van der Waals surface area contributed by atoms with Gasteiger partial charge in [-0.25, -0.2) is 0 Å². The van der Waals surface area contributed by atoms with E-state index in [9.17, 15) is 14.4 Å². The third kappa shape index (κ3) is 8.01. The second kappa shape index (κ2) is 13.3. The molecule has 8 heteroatoms. The molecular formula is C26H41N5O3. The van der Waals surface area contributed by atoms with E-state index >= 15 is 0 Å². The average Bonchev–Trinajstić information content (AvgIpc) is 2.87. The van der Waals surface area contributed by atoms with Gasteiger partial charge in [0.15, 0.2) is 0 Å². The summed E-state index contributed by atoms with van der Waals surface area (Å²) in [6.45, 7) is 6.44. The van der Waals surface area contributed by atoms with Crippen LogP contribution in [0, 0.1) is 5.92 Å². The monoisotopic (exact) mass is 471 g/mol. The summed E-state index contributed by atoms with van der Waals surface area (Å²) in [5.41, 5.74) is 2.29. The molecule has 0 spiro atoms. The molecule has 2 saturated heterocycles. The Hall–Kier alpha value is -2.61. The highest BCUT2D eigenvalue weighted by Gasteiger charge is 2.22. The Kier molecular flexibility index (Phi) is 10.2. The molecule has 2 fully saturated rings. The highest BCUT2D eigenvalue weighted by atomic mass is 16.2. The quantitative estimate of drug-likeness (QED) is 0.500. The van der Waals surface area contributed by atoms with E-state index in [0.29, 0.717) is 31.2 Å². The van der Waals surface area contributed by atoms with Gasteiger partial charge in [0, 0.05) is 77.1 Å². The van der Waals surface area contributed by atoms with E-state index in [1.54, 1.807) is 0 Å². The van der Waals surface area contributed by atoms with Crippen LogP contribution in [0.1, 0.15) is 44.9 Å². The number of hydrogen-bond donors (Lipinski definition) is 1. The molecule has 1 aromatic rings. The van der Waals surface area contributed by atoms with Crippen LogP contribution < -0.4 is 15.1 Å². The third-order valence-corrected chi connectivity index (χ3v) is 7.15. The van der Waals surface area contributed by atoms with Crippen molar-refractivity contribution in [3.8, 4) is 0 Å². The topological polar surface area (TPSA) is 76.2 Å². The molecule has 1 aromatic carbocycles. The molecule has 0 bridgehead atoms. The van der Waals surface area contributed by atoms with Crippen LogP contribution in [0.15, 0.2) is 24.3 Å². The molecule has 2 aliphatic rings. The van der Waals surface area contributed by atoms with Crippen LogP contribution in [0.25, 0.3) is 0 Å². The number of carbonyl (C=O) groups is 3. The summed E-state index contributed by atoms with van der Waals surface area (Å²) in [5.74, 6) is 0.731. The lowest BCUT2D eigenvalue weighted by molar-refractivity contribution is -0.132. The number of piperidine rings is 2. The number of rotatable bonds is 11. The lowest BCUT2D eigenvalue weighted by Gasteiger charge is -2.35. The number of amides is 3. The molecule has 0 saturated carbocycles. The molecule has 3 amide bonds. The zero-order chi connectivity index (χ0) is 24.3. The first-order chi connectivity index (χ1) is 16.5. The molecule has 188 valence electrons. The normalized spacial score (nSPS) is 17.0. The number of imide groups is 1. The minimum atomic E-state index is -0.263. The molecule has 0 aliphatic carbocycles. The number of hydrogen-bond acceptors (Lipinski definition) is 6. The fraction of sp³-hybridized carbons (Fsp3) is 0.654. The smallest absolute Gasteiger partial charge is 0.228 e. The number of nitrogens with one attached hydrogen (secondary N) is 1. The summed E-state index contributed by atoms with van der Waals surface area (Å²) < 4.78 is 0. The SMILES string of the molecule is CN(CCC(=O)N1CCCCC1)CC1CCN(c2ccc(N(C)CCC(=O)NC=O)cc2)CC1. The van der Waals surface area contributed by atoms with Crippen LogP contribution in [-0.4, -0.2) is 87.9 Å². The number of nitrogens with zero attached hydrogens (tertiary/aromatic N) is 4. The van der Waals surface area contributed by atoms with Crippen LogP contribution >= 0.6 is 0 Å². The summed E-state index contributed by atoms with van der Waals surface area (Å²) in [6.07, 6.45) is 7.24. The van der Waals surface area contributed by atoms with Gasteiger partial charge in [0.2, 0.25) is 18.2 Å². The minimum absolute atomic E-state index is 0.263. The Bertz CT molecular complexity index is 786. The Morgan fingerprint density at radius 1 is 0.971 bits per heavy atom. The molecule has 0 aromatic heterocycles. The van der Waals surface area contributed by atoms with E-state index in [1.807, 2.05) is 16.8 Å². The first-order valence-corrected chi connectivity index (χ1v) is 12.7. The van der Waals surface area contributed by atoms with Crippen molar-refractivity contribution in [3.63, 3.8) is 0 Å². The number of carbonyl (C=O) groups excluding carboxylic acids is 3. The van der Waals surface area contributed by atoms with Crippen molar-refractivity contribution >= 4 is 29.6 Å². The maximum Gasteiger partial charge on any atom is 0.228 e. The molecule has 3 rings (SSSR count). The average molecular weight is 472 g/mol. The van der Waals surface area contributed by atoms with Gasteiger partial charge in [0.25, 0.3) is 0 Å². The molecule has 0 radical (unpaired) electrons. The zero-order valence-electron chi connectivity index (χ0n) is 20.9. The molecule has 0 atom stereocenters. The molecule has 0 unspecified atom stereocenters. The molecule has 2 aliphatic heterocycles. The Morgan fingerprint density at radius 3 is 2.29 bits per heavy atom. The first kappa shape index (κ1) is 26.0. The third-order valence-electron chi connectivity index (χ3n) is 7.15. The predicted octanol–water partition coefficient (Wildman–Crippen LogP) is 2.34. The van der Waals surface area contributed by atoms with E-state index in [0.717, 1.165) is 70.6 Å². The maximum absolute atomic E-state index is 12.4. The highest BCUT2D eigenvalue weighted by molar-refractivity contribution is 5.86. The van der Waals surface area contributed by atoms with Gasteiger partial charge in [-0.3, -0.25) is 19.7 Å². The lowest BCUT2D eigenvalue weighted by atomic mass is 9.95. The summed E-state index contributed by atoms with van der Waals surface area (Å²) in [4.78, 5) is 43.1. The summed E-state index contributed by atoms with van der Waals surface area (Å²) in [6, 6.07) is 8.48. The molecule has 34 heavy (non-hydrogen) atoms.